The molecule has 2 atom stereocenters. The lowest BCUT2D eigenvalue weighted by molar-refractivity contribution is -0.136. The van der Waals surface area contributed by atoms with Gasteiger partial charge in [-0.1, -0.05) is 29.8 Å². The summed E-state index contributed by atoms with van der Waals surface area (Å²) < 4.78 is 12.1. The van der Waals surface area contributed by atoms with E-state index in [1.807, 2.05) is 18.2 Å². The molecule has 3 aliphatic rings. The molecule has 168 valence electrons. The van der Waals surface area contributed by atoms with Crippen LogP contribution >= 0.6 is 11.6 Å². The molecule has 1 aliphatic carbocycles. The third-order valence-corrected chi connectivity index (χ3v) is 6.32. The Morgan fingerprint density at radius 3 is 2.90 bits per heavy atom. The number of halogens is 1. The second-order valence-corrected chi connectivity index (χ2v) is 8.41. The normalized spacial score (nSPS) is 27.6. The highest BCUT2D eigenvalue weighted by atomic mass is 35.5. The van der Waals surface area contributed by atoms with E-state index in [1.54, 1.807) is 0 Å². The van der Waals surface area contributed by atoms with Gasteiger partial charge in [0.2, 0.25) is 0 Å². The highest BCUT2D eigenvalue weighted by Gasteiger charge is 2.48. The number of piperazine rings is 1. The van der Waals surface area contributed by atoms with Crippen LogP contribution < -0.4 is 5.32 Å². The molecule has 0 aromatic rings. The fourth-order valence-electron chi connectivity index (χ4n) is 4.48. The molecule has 0 bridgehead atoms. The number of hydrogen-bond acceptors (Lipinski definition) is 6. The second-order valence-electron chi connectivity index (χ2n) is 8.16. The molecule has 6 nitrogen and oxygen atoms in total. The van der Waals surface area contributed by atoms with Gasteiger partial charge in [0, 0.05) is 44.8 Å². The highest BCUT2D eigenvalue weighted by Crippen LogP contribution is 2.38. The summed E-state index contributed by atoms with van der Waals surface area (Å²) in [6, 6.07) is 2.33. The van der Waals surface area contributed by atoms with Gasteiger partial charge in [-0.2, -0.15) is 5.26 Å². The summed E-state index contributed by atoms with van der Waals surface area (Å²) in [5, 5.41) is 12.7. The van der Waals surface area contributed by atoms with Crippen molar-refractivity contribution >= 4 is 11.6 Å². The van der Waals surface area contributed by atoms with Crippen LogP contribution in [0.4, 0.5) is 0 Å². The van der Waals surface area contributed by atoms with Crippen LogP contribution in [0.5, 0.6) is 0 Å². The summed E-state index contributed by atoms with van der Waals surface area (Å²) in [5.41, 5.74) is 2.85. The van der Waals surface area contributed by atoms with Crippen LogP contribution in [0.3, 0.4) is 0 Å². The second kappa shape index (κ2) is 11.5. The Labute approximate surface area is 191 Å². The van der Waals surface area contributed by atoms with E-state index >= 15 is 0 Å². The average molecular weight is 445 g/mol. The Bertz CT molecular complexity index is 790. The fourth-order valence-corrected chi connectivity index (χ4v) is 4.57. The quantitative estimate of drug-likeness (QED) is 0.435. The first-order chi connectivity index (χ1) is 15.1. The maximum absolute atomic E-state index is 9.46. The fraction of sp³-hybridized carbons (Fsp3) is 0.542. The van der Waals surface area contributed by atoms with E-state index in [9.17, 15) is 5.26 Å². The lowest BCUT2D eigenvalue weighted by Gasteiger charge is -2.49. The number of nitrogens with one attached hydrogen (secondary N) is 1. The molecule has 7 heteroatoms. The molecule has 2 unspecified atom stereocenters. The van der Waals surface area contributed by atoms with Gasteiger partial charge in [-0.25, -0.2) is 0 Å². The maximum atomic E-state index is 9.46. The first-order valence-electron chi connectivity index (χ1n) is 11.0. The standard InChI is InChI=1S/C24H33ClN4O2/c1-3-5-20(19-27-10-4-9-25)8-11-28-12-14-29(15-13-28)22-7-6-21(18-26)23-24(22,2)31-17-16-30-23/h3-4,6-7,9,19,22,27H,1,5,8,10-17H2,2H3/b9-4+,20-19+. The van der Waals surface area contributed by atoms with Crippen LogP contribution in [0.25, 0.3) is 0 Å². The lowest BCUT2D eigenvalue weighted by Crippen LogP contribution is -2.60. The van der Waals surface area contributed by atoms with Crippen molar-refractivity contribution in [2.45, 2.75) is 31.4 Å². The summed E-state index contributed by atoms with van der Waals surface area (Å²) in [5.74, 6) is 0.687. The molecule has 0 aromatic carbocycles. The summed E-state index contributed by atoms with van der Waals surface area (Å²) in [6.07, 6.45) is 11.8. The zero-order chi connectivity index (χ0) is 22.1. The molecule has 2 heterocycles. The van der Waals surface area contributed by atoms with Gasteiger partial charge in [-0.15, -0.1) is 6.58 Å². The van der Waals surface area contributed by atoms with Crippen molar-refractivity contribution in [1.82, 2.24) is 15.1 Å². The van der Waals surface area contributed by atoms with Crippen molar-refractivity contribution in [2.24, 2.45) is 0 Å². The van der Waals surface area contributed by atoms with Gasteiger partial charge in [0.15, 0.2) is 0 Å². The van der Waals surface area contributed by atoms with Gasteiger partial charge in [-0.05, 0) is 37.6 Å². The van der Waals surface area contributed by atoms with Crippen molar-refractivity contribution in [2.75, 3.05) is 52.5 Å². The number of rotatable bonds is 9. The lowest BCUT2D eigenvalue weighted by atomic mass is 9.84. The molecule has 3 rings (SSSR count). The van der Waals surface area contributed by atoms with Gasteiger partial charge < -0.3 is 19.7 Å². The number of fused-ring (bicyclic) bond motifs is 1. The average Bonchev–Trinajstić information content (AvgIpc) is 2.79. The Morgan fingerprint density at radius 2 is 2.19 bits per heavy atom. The van der Waals surface area contributed by atoms with Crippen molar-refractivity contribution in [3.8, 4) is 6.07 Å². The largest absolute Gasteiger partial charge is 0.491 e. The van der Waals surface area contributed by atoms with Crippen molar-refractivity contribution in [1.29, 1.82) is 5.26 Å². The Hall–Kier alpha value is -2.04. The molecule has 2 aliphatic heterocycles. The SMILES string of the molecule is C=CC/C(=C\NC/C=C/Cl)CCN1CCN(C2C=CC(C#N)=C3OCCOC32C)CC1. The Kier molecular flexibility index (Phi) is 8.79. The molecule has 1 N–H and O–H groups in total. The predicted molar refractivity (Wildman–Crippen MR) is 124 cm³/mol. The Morgan fingerprint density at radius 1 is 1.39 bits per heavy atom. The monoisotopic (exact) mass is 444 g/mol. The van der Waals surface area contributed by atoms with E-state index in [1.165, 1.54) is 11.1 Å². The Balaban J connectivity index is 1.54. The minimum absolute atomic E-state index is 0.0810. The molecule has 0 spiro atoms. The minimum atomic E-state index is -0.594. The molecule has 31 heavy (non-hydrogen) atoms. The van der Waals surface area contributed by atoms with E-state index in [2.05, 4.69) is 47.0 Å². The van der Waals surface area contributed by atoms with Crippen LogP contribution in [0.15, 0.2) is 59.5 Å². The number of ether oxygens (including phenoxy) is 2. The molecular formula is C24H33ClN4O2. The van der Waals surface area contributed by atoms with Crippen molar-refractivity contribution in [3.63, 3.8) is 0 Å². The molecule has 0 radical (unpaired) electrons. The minimum Gasteiger partial charge on any atom is -0.491 e. The van der Waals surface area contributed by atoms with Gasteiger partial charge >= 0.3 is 0 Å². The summed E-state index contributed by atoms with van der Waals surface area (Å²) in [6.45, 7) is 12.7. The summed E-state index contributed by atoms with van der Waals surface area (Å²) in [7, 11) is 0. The molecule has 2 fully saturated rings. The van der Waals surface area contributed by atoms with Gasteiger partial charge in [0.05, 0.1) is 18.2 Å². The number of nitriles is 1. The van der Waals surface area contributed by atoms with Crippen LogP contribution in [0.1, 0.15) is 19.8 Å². The van der Waals surface area contributed by atoms with Crippen LogP contribution in [-0.2, 0) is 9.47 Å². The molecule has 0 aromatic heterocycles. The molecule has 2 saturated heterocycles. The zero-order valence-corrected chi connectivity index (χ0v) is 19.1. The van der Waals surface area contributed by atoms with E-state index in [-0.39, 0.29) is 6.04 Å². The topological polar surface area (TPSA) is 60.8 Å². The van der Waals surface area contributed by atoms with Crippen LogP contribution in [0.2, 0.25) is 0 Å². The van der Waals surface area contributed by atoms with Gasteiger partial charge in [-0.3, -0.25) is 4.90 Å². The van der Waals surface area contributed by atoms with E-state index < -0.39 is 5.60 Å². The van der Waals surface area contributed by atoms with Gasteiger partial charge in [0.25, 0.3) is 0 Å². The predicted octanol–water partition coefficient (Wildman–Crippen LogP) is 3.32. The first kappa shape index (κ1) is 23.6. The van der Waals surface area contributed by atoms with Crippen LogP contribution in [-0.4, -0.2) is 73.9 Å². The molecule has 0 saturated carbocycles. The smallest absolute Gasteiger partial charge is 0.147 e. The van der Waals surface area contributed by atoms with Crippen LogP contribution in [0, 0.1) is 11.3 Å². The number of nitrogens with zero attached hydrogens (tertiary/aromatic N) is 3. The van der Waals surface area contributed by atoms with E-state index in [4.69, 9.17) is 21.1 Å². The van der Waals surface area contributed by atoms with Crippen molar-refractivity contribution < 1.29 is 9.47 Å². The maximum Gasteiger partial charge on any atom is 0.147 e. The first-order valence-corrected chi connectivity index (χ1v) is 11.4. The summed E-state index contributed by atoms with van der Waals surface area (Å²) in [4.78, 5) is 4.97. The number of allylic oxidation sites excluding steroid dienone is 3. The molecule has 0 amide bonds. The third-order valence-electron chi connectivity index (χ3n) is 6.14. The highest BCUT2D eigenvalue weighted by molar-refractivity contribution is 6.25. The van der Waals surface area contributed by atoms with E-state index in [0.717, 1.165) is 52.1 Å². The number of hydrogen-bond donors (Lipinski definition) is 1. The van der Waals surface area contributed by atoms with Crippen molar-refractivity contribution in [3.05, 3.63) is 59.5 Å². The zero-order valence-electron chi connectivity index (χ0n) is 18.4. The van der Waals surface area contributed by atoms with Gasteiger partial charge in [0.1, 0.15) is 24.0 Å². The third kappa shape index (κ3) is 5.81. The van der Waals surface area contributed by atoms with E-state index in [0.29, 0.717) is 24.5 Å². The molecular weight excluding hydrogens is 412 g/mol. The summed E-state index contributed by atoms with van der Waals surface area (Å²) >= 11 is 5.57.